The fourth-order valence-electron chi connectivity index (χ4n) is 2.84. The molecule has 0 aromatic carbocycles. The first kappa shape index (κ1) is 20.8. The molecular formula is C16H14ClF3N4O5. The second-order valence-corrected chi connectivity index (χ2v) is 6.41. The third kappa shape index (κ3) is 3.97. The number of likely N-dealkylation sites (tertiary alicyclic amines) is 1. The first-order valence-corrected chi connectivity index (χ1v) is 8.75. The van der Waals surface area contributed by atoms with Gasteiger partial charge in [0.05, 0.1) is 17.2 Å². The van der Waals surface area contributed by atoms with E-state index in [1.165, 1.54) is 0 Å². The van der Waals surface area contributed by atoms with Gasteiger partial charge in [0.25, 0.3) is 5.91 Å². The smallest absolute Gasteiger partial charge is 0.417 e. The molecule has 0 unspecified atom stereocenters. The number of hydrogen-bond acceptors (Lipinski definition) is 8. The molecule has 2 aliphatic rings. The summed E-state index contributed by atoms with van der Waals surface area (Å²) in [5.74, 6) is -3.44. The maximum absolute atomic E-state index is 12.6. The Morgan fingerprint density at radius 3 is 2.72 bits per heavy atom. The van der Waals surface area contributed by atoms with E-state index in [-0.39, 0.29) is 36.2 Å². The standard InChI is InChI=1S/C16H14ClF3N4O5/c1-2-28-15(27)10-9-11(29-23-10)14(26)24(13(9)25)4-3-21-12-8(17)5-7(6-22-12)16(18,19)20/h5-6,9,11H,2-4H2,1H3,(H,21,22)/t9-,11-/m1/s1. The number of imide groups is 1. The number of alkyl halides is 3. The largest absolute Gasteiger partial charge is 0.461 e. The molecule has 9 nitrogen and oxygen atoms in total. The van der Waals surface area contributed by atoms with Gasteiger partial charge in [-0.1, -0.05) is 16.8 Å². The Labute approximate surface area is 166 Å². The van der Waals surface area contributed by atoms with E-state index >= 15 is 0 Å². The van der Waals surface area contributed by atoms with Crippen molar-refractivity contribution in [2.24, 2.45) is 11.1 Å². The van der Waals surface area contributed by atoms with Crippen molar-refractivity contribution in [1.29, 1.82) is 0 Å². The number of aromatic nitrogens is 1. The lowest BCUT2D eigenvalue weighted by atomic mass is 10.00. The van der Waals surface area contributed by atoms with E-state index in [4.69, 9.17) is 21.2 Å². The Hall–Kier alpha value is -2.89. The molecule has 0 bridgehead atoms. The second-order valence-electron chi connectivity index (χ2n) is 6.01. The van der Waals surface area contributed by atoms with Crippen LogP contribution >= 0.6 is 11.6 Å². The van der Waals surface area contributed by atoms with E-state index < -0.39 is 41.5 Å². The van der Waals surface area contributed by atoms with Gasteiger partial charge in [0, 0.05) is 19.3 Å². The number of nitrogens with one attached hydrogen (secondary N) is 1. The zero-order valence-electron chi connectivity index (χ0n) is 14.8. The molecule has 1 aromatic rings. The van der Waals surface area contributed by atoms with Crippen LogP contribution in [0.5, 0.6) is 0 Å². The highest BCUT2D eigenvalue weighted by Gasteiger charge is 2.57. The zero-order chi connectivity index (χ0) is 21.3. The van der Waals surface area contributed by atoms with Gasteiger partial charge in [0.1, 0.15) is 11.7 Å². The number of nitrogens with zero attached hydrogens (tertiary/aromatic N) is 3. The number of rotatable bonds is 6. The minimum Gasteiger partial charge on any atom is -0.461 e. The highest BCUT2D eigenvalue weighted by molar-refractivity contribution is 6.43. The van der Waals surface area contributed by atoms with Crippen LogP contribution < -0.4 is 5.32 Å². The molecule has 3 heterocycles. The number of pyridine rings is 1. The van der Waals surface area contributed by atoms with Crippen LogP contribution in [0.25, 0.3) is 0 Å². The molecule has 2 atom stereocenters. The average Bonchev–Trinajstić information content (AvgIpc) is 3.18. The monoisotopic (exact) mass is 434 g/mol. The number of ether oxygens (including phenoxy) is 1. The number of carbonyl (C=O) groups excluding carboxylic acids is 3. The first-order chi connectivity index (χ1) is 13.6. The Morgan fingerprint density at radius 1 is 1.38 bits per heavy atom. The molecule has 2 amide bonds. The lowest BCUT2D eigenvalue weighted by Crippen LogP contribution is -2.37. The number of oxime groups is 1. The molecule has 1 fully saturated rings. The average molecular weight is 435 g/mol. The van der Waals surface area contributed by atoms with Crippen LogP contribution in [-0.2, 0) is 30.1 Å². The molecule has 13 heteroatoms. The van der Waals surface area contributed by atoms with Gasteiger partial charge < -0.3 is 14.9 Å². The molecule has 0 saturated carbocycles. The van der Waals surface area contributed by atoms with Gasteiger partial charge in [0.15, 0.2) is 5.71 Å². The molecule has 1 aromatic heterocycles. The Bertz CT molecular complexity index is 892. The van der Waals surface area contributed by atoms with Crippen molar-refractivity contribution in [1.82, 2.24) is 9.88 Å². The molecule has 156 valence electrons. The predicted octanol–water partition coefficient (Wildman–Crippen LogP) is 1.47. The highest BCUT2D eigenvalue weighted by Crippen LogP contribution is 2.33. The molecule has 1 N–H and O–H groups in total. The number of hydrogen-bond donors (Lipinski definition) is 1. The van der Waals surface area contributed by atoms with Crippen LogP contribution in [0.15, 0.2) is 17.4 Å². The maximum atomic E-state index is 12.6. The quantitative estimate of drug-likeness (QED) is 0.533. The van der Waals surface area contributed by atoms with Gasteiger partial charge in [-0.25, -0.2) is 9.78 Å². The summed E-state index contributed by atoms with van der Waals surface area (Å²) in [6, 6.07) is 0.712. The van der Waals surface area contributed by atoms with Crippen LogP contribution in [0.4, 0.5) is 19.0 Å². The van der Waals surface area contributed by atoms with Crippen molar-refractivity contribution in [2.45, 2.75) is 19.2 Å². The number of anilines is 1. The SMILES string of the molecule is CCOC(=O)C1=NO[C@H]2C(=O)N(CCNc3ncc(C(F)(F)F)cc3Cl)C(=O)[C@H]12. The topological polar surface area (TPSA) is 110 Å². The van der Waals surface area contributed by atoms with Crippen molar-refractivity contribution in [3.05, 3.63) is 22.8 Å². The van der Waals surface area contributed by atoms with Gasteiger partial charge in [-0.2, -0.15) is 13.2 Å². The molecule has 0 aliphatic carbocycles. The molecule has 2 aliphatic heterocycles. The normalized spacial score (nSPS) is 21.0. The fourth-order valence-corrected chi connectivity index (χ4v) is 3.07. The highest BCUT2D eigenvalue weighted by atomic mass is 35.5. The van der Waals surface area contributed by atoms with Crippen LogP contribution in [0.1, 0.15) is 12.5 Å². The summed E-state index contributed by atoms with van der Waals surface area (Å²) >= 11 is 5.79. The summed E-state index contributed by atoms with van der Waals surface area (Å²) < 4.78 is 42.7. The molecule has 3 rings (SSSR count). The number of esters is 1. The summed E-state index contributed by atoms with van der Waals surface area (Å²) in [4.78, 5) is 46.1. The van der Waals surface area contributed by atoms with Crippen molar-refractivity contribution in [3.63, 3.8) is 0 Å². The lowest BCUT2D eigenvalue weighted by Gasteiger charge is -2.16. The van der Waals surface area contributed by atoms with E-state index in [1.54, 1.807) is 6.92 Å². The number of amides is 2. The zero-order valence-corrected chi connectivity index (χ0v) is 15.6. The van der Waals surface area contributed by atoms with Gasteiger partial charge in [-0.15, -0.1) is 0 Å². The molecule has 0 spiro atoms. The van der Waals surface area contributed by atoms with Gasteiger partial charge in [-0.05, 0) is 13.0 Å². The van der Waals surface area contributed by atoms with Crippen molar-refractivity contribution in [3.8, 4) is 0 Å². The predicted molar refractivity (Wildman–Crippen MR) is 91.9 cm³/mol. The Balaban J connectivity index is 1.62. The summed E-state index contributed by atoms with van der Waals surface area (Å²) in [6.45, 7) is 1.45. The Morgan fingerprint density at radius 2 is 2.10 bits per heavy atom. The lowest BCUT2D eigenvalue weighted by molar-refractivity contribution is -0.142. The van der Waals surface area contributed by atoms with Crippen LogP contribution in [0, 0.1) is 5.92 Å². The maximum Gasteiger partial charge on any atom is 0.417 e. The summed E-state index contributed by atoms with van der Waals surface area (Å²) in [5.41, 5.74) is -1.29. The van der Waals surface area contributed by atoms with Crippen molar-refractivity contribution >= 4 is 40.9 Å². The first-order valence-electron chi connectivity index (χ1n) is 8.37. The van der Waals surface area contributed by atoms with Crippen LogP contribution in [-0.4, -0.2) is 59.2 Å². The van der Waals surface area contributed by atoms with E-state index in [0.717, 1.165) is 4.90 Å². The minimum atomic E-state index is -4.58. The van der Waals surface area contributed by atoms with Crippen molar-refractivity contribution in [2.75, 3.05) is 25.0 Å². The fraction of sp³-hybridized carbons (Fsp3) is 0.438. The van der Waals surface area contributed by atoms with Gasteiger partial charge in [0.2, 0.25) is 12.0 Å². The minimum absolute atomic E-state index is 0.0380. The van der Waals surface area contributed by atoms with E-state index in [0.29, 0.717) is 12.3 Å². The third-order valence-electron chi connectivity index (χ3n) is 4.18. The van der Waals surface area contributed by atoms with Crippen LogP contribution in [0.3, 0.4) is 0 Å². The van der Waals surface area contributed by atoms with Gasteiger partial charge in [-0.3, -0.25) is 14.5 Å². The molecule has 29 heavy (non-hydrogen) atoms. The molecular weight excluding hydrogens is 421 g/mol. The van der Waals surface area contributed by atoms with E-state index in [9.17, 15) is 27.6 Å². The number of halogens is 4. The second kappa shape index (κ2) is 7.85. The Kier molecular flexibility index (Phi) is 5.64. The molecule has 0 radical (unpaired) electrons. The number of carbonyl (C=O) groups is 3. The third-order valence-corrected chi connectivity index (χ3v) is 4.47. The molecule has 1 saturated heterocycles. The summed E-state index contributed by atoms with van der Waals surface area (Å²) in [5, 5.41) is 5.87. The number of fused-ring (bicyclic) bond motifs is 1. The summed E-state index contributed by atoms with van der Waals surface area (Å²) in [6.07, 6.45) is -5.21. The van der Waals surface area contributed by atoms with Gasteiger partial charge >= 0.3 is 12.1 Å². The van der Waals surface area contributed by atoms with E-state index in [1.807, 2.05) is 0 Å². The summed E-state index contributed by atoms with van der Waals surface area (Å²) in [7, 11) is 0. The van der Waals surface area contributed by atoms with Crippen molar-refractivity contribution < 1.29 is 37.1 Å². The van der Waals surface area contributed by atoms with E-state index in [2.05, 4.69) is 15.5 Å². The van der Waals surface area contributed by atoms with Crippen LogP contribution in [0.2, 0.25) is 5.02 Å².